The van der Waals surface area contributed by atoms with Gasteiger partial charge < -0.3 is 15.4 Å². The number of nitrogens with one attached hydrogen (secondary N) is 2. The van der Waals surface area contributed by atoms with Gasteiger partial charge in [0.05, 0.1) is 13.0 Å². The molecule has 110 valence electrons. The zero-order valence-electron chi connectivity index (χ0n) is 12.5. The largest absolute Gasteiger partial charge is 0.496 e. The Morgan fingerprint density at radius 3 is 2.85 bits per heavy atom. The highest BCUT2D eigenvalue weighted by atomic mass is 16.5. The Hall–Kier alpha value is -1.55. The van der Waals surface area contributed by atoms with E-state index in [1.54, 1.807) is 7.11 Å². The summed E-state index contributed by atoms with van der Waals surface area (Å²) in [5, 5.41) is 6.38. The summed E-state index contributed by atoms with van der Waals surface area (Å²) < 4.78 is 5.35. The summed E-state index contributed by atoms with van der Waals surface area (Å²) in [4.78, 5) is 12.2. The number of benzene rings is 1. The maximum Gasteiger partial charge on any atom is 0.224 e. The molecule has 1 amide bonds. The number of hydrogen-bond donors (Lipinski definition) is 2. The first-order chi connectivity index (χ1) is 9.61. The Kier molecular flexibility index (Phi) is 5.01. The van der Waals surface area contributed by atoms with Crippen LogP contribution in [0.15, 0.2) is 24.3 Å². The van der Waals surface area contributed by atoms with E-state index in [0.29, 0.717) is 5.92 Å². The van der Waals surface area contributed by atoms with E-state index in [9.17, 15) is 4.79 Å². The van der Waals surface area contributed by atoms with Crippen molar-refractivity contribution >= 4 is 5.91 Å². The van der Waals surface area contributed by atoms with E-state index in [-0.39, 0.29) is 17.9 Å². The number of hydrogen-bond acceptors (Lipinski definition) is 3. The molecule has 1 aliphatic rings. The molecule has 1 aromatic carbocycles. The lowest BCUT2D eigenvalue weighted by atomic mass is 9.96. The molecule has 20 heavy (non-hydrogen) atoms. The highest BCUT2D eigenvalue weighted by Gasteiger charge is 2.30. The first-order valence-electron chi connectivity index (χ1n) is 7.24. The molecule has 3 atom stereocenters. The molecule has 0 spiro atoms. The fraction of sp³-hybridized carbons (Fsp3) is 0.562. The Morgan fingerprint density at radius 2 is 2.20 bits per heavy atom. The summed E-state index contributed by atoms with van der Waals surface area (Å²) in [6.07, 6.45) is 0.782. The van der Waals surface area contributed by atoms with Crippen molar-refractivity contribution in [2.24, 2.45) is 11.8 Å². The average molecular weight is 276 g/mol. The Balaban J connectivity index is 1.92. The van der Waals surface area contributed by atoms with Crippen molar-refractivity contribution in [1.29, 1.82) is 0 Å². The van der Waals surface area contributed by atoms with Crippen LogP contribution in [0.3, 0.4) is 0 Å². The third kappa shape index (κ3) is 3.51. The molecule has 4 nitrogen and oxygen atoms in total. The lowest BCUT2D eigenvalue weighted by Gasteiger charge is -2.20. The number of amides is 1. The third-order valence-corrected chi connectivity index (χ3v) is 3.96. The van der Waals surface area contributed by atoms with Crippen molar-refractivity contribution in [3.63, 3.8) is 0 Å². The van der Waals surface area contributed by atoms with E-state index in [4.69, 9.17) is 4.74 Å². The van der Waals surface area contributed by atoms with E-state index in [0.717, 1.165) is 30.8 Å². The van der Waals surface area contributed by atoms with Crippen LogP contribution >= 0.6 is 0 Å². The zero-order valence-corrected chi connectivity index (χ0v) is 12.5. The minimum atomic E-state index is 0.0927. The van der Waals surface area contributed by atoms with Gasteiger partial charge in [-0.3, -0.25) is 4.79 Å². The minimum Gasteiger partial charge on any atom is -0.496 e. The van der Waals surface area contributed by atoms with Crippen LogP contribution in [-0.2, 0) is 11.2 Å². The first-order valence-corrected chi connectivity index (χ1v) is 7.24. The standard InChI is InChI=1S/C16H24N2O2/c1-11-9-17-10-14(11)16(19)18-12(2)8-13-6-4-5-7-15(13)20-3/h4-7,11-12,14,17H,8-10H2,1-3H3,(H,18,19). The first kappa shape index (κ1) is 14.9. The molecule has 2 rings (SSSR count). The van der Waals surface area contributed by atoms with Gasteiger partial charge in [-0.05, 0) is 37.4 Å². The molecule has 0 radical (unpaired) electrons. The van der Waals surface area contributed by atoms with E-state index in [1.807, 2.05) is 31.2 Å². The van der Waals surface area contributed by atoms with Crippen LogP contribution in [0.25, 0.3) is 0 Å². The Bertz CT molecular complexity index is 462. The Labute approximate surface area is 120 Å². The van der Waals surface area contributed by atoms with Gasteiger partial charge in [-0.1, -0.05) is 25.1 Å². The van der Waals surface area contributed by atoms with E-state index >= 15 is 0 Å². The summed E-state index contributed by atoms with van der Waals surface area (Å²) >= 11 is 0. The SMILES string of the molecule is COc1ccccc1CC(C)NC(=O)C1CNCC1C. The van der Waals surface area contributed by atoms with Gasteiger partial charge in [0, 0.05) is 12.6 Å². The topological polar surface area (TPSA) is 50.4 Å². The molecule has 1 fully saturated rings. The van der Waals surface area contributed by atoms with Crippen LogP contribution in [-0.4, -0.2) is 32.1 Å². The van der Waals surface area contributed by atoms with Crippen molar-refractivity contribution in [3.05, 3.63) is 29.8 Å². The quantitative estimate of drug-likeness (QED) is 0.859. The van der Waals surface area contributed by atoms with E-state index < -0.39 is 0 Å². The van der Waals surface area contributed by atoms with Gasteiger partial charge >= 0.3 is 0 Å². The third-order valence-electron chi connectivity index (χ3n) is 3.96. The number of para-hydroxylation sites is 1. The van der Waals surface area contributed by atoms with E-state index in [2.05, 4.69) is 17.6 Å². The van der Waals surface area contributed by atoms with Gasteiger partial charge in [0.25, 0.3) is 0 Å². The highest BCUT2D eigenvalue weighted by molar-refractivity contribution is 5.79. The predicted octanol–water partition coefficient (Wildman–Crippen LogP) is 1.60. The molecule has 0 bridgehead atoms. The number of carbonyl (C=O) groups excluding carboxylic acids is 1. The predicted molar refractivity (Wildman–Crippen MR) is 79.8 cm³/mol. The maximum absolute atomic E-state index is 12.2. The molecule has 3 unspecified atom stereocenters. The molecule has 0 aliphatic carbocycles. The monoisotopic (exact) mass is 276 g/mol. The van der Waals surface area contributed by atoms with Gasteiger partial charge in [0.2, 0.25) is 5.91 Å². The summed E-state index contributed by atoms with van der Waals surface area (Å²) in [5.41, 5.74) is 1.13. The highest BCUT2D eigenvalue weighted by Crippen LogP contribution is 2.20. The maximum atomic E-state index is 12.2. The molecule has 0 saturated carbocycles. The van der Waals surface area contributed by atoms with Gasteiger partial charge in [-0.15, -0.1) is 0 Å². The normalized spacial score (nSPS) is 23.4. The second-order valence-electron chi connectivity index (χ2n) is 5.67. The Morgan fingerprint density at radius 1 is 1.45 bits per heavy atom. The van der Waals surface area contributed by atoms with Crippen LogP contribution in [0.1, 0.15) is 19.4 Å². The molecule has 1 heterocycles. The lowest BCUT2D eigenvalue weighted by Crippen LogP contribution is -2.40. The van der Waals surface area contributed by atoms with Crippen molar-refractivity contribution in [3.8, 4) is 5.75 Å². The summed E-state index contributed by atoms with van der Waals surface area (Å²) in [7, 11) is 1.67. The number of ether oxygens (including phenoxy) is 1. The van der Waals surface area contributed by atoms with Crippen LogP contribution in [0.2, 0.25) is 0 Å². The smallest absolute Gasteiger partial charge is 0.224 e. The van der Waals surface area contributed by atoms with Crippen LogP contribution < -0.4 is 15.4 Å². The molecule has 4 heteroatoms. The van der Waals surface area contributed by atoms with Crippen LogP contribution in [0.5, 0.6) is 5.75 Å². The molecule has 1 saturated heterocycles. The molecule has 0 aromatic heterocycles. The fourth-order valence-electron chi connectivity index (χ4n) is 2.76. The van der Waals surface area contributed by atoms with Gasteiger partial charge in [0.15, 0.2) is 0 Å². The summed E-state index contributed by atoms with van der Waals surface area (Å²) in [6.45, 7) is 5.87. The second kappa shape index (κ2) is 6.75. The summed E-state index contributed by atoms with van der Waals surface area (Å²) in [5.74, 6) is 1.54. The number of rotatable bonds is 5. The number of methoxy groups -OCH3 is 1. The lowest BCUT2D eigenvalue weighted by molar-refractivity contribution is -0.126. The number of carbonyl (C=O) groups is 1. The molecule has 2 N–H and O–H groups in total. The zero-order chi connectivity index (χ0) is 14.5. The van der Waals surface area contributed by atoms with Gasteiger partial charge in [-0.2, -0.15) is 0 Å². The van der Waals surface area contributed by atoms with Crippen molar-refractivity contribution < 1.29 is 9.53 Å². The van der Waals surface area contributed by atoms with E-state index in [1.165, 1.54) is 0 Å². The molecular formula is C16H24N2O2. The van der Waals surface area contributed by atoms with Crippen molar-refractivity contribution in [1.82, 2.24) is 10.6 Å². The molecule has 1 aliphatic heterocycles. The van der Waals surface area contributed by atoms with Gasteiger partial charge in [-0.25, -0.2) is 0 Å². The minimum absolute atomic E-state index is 0.0927. The fourth-order valence-corrected chi connectivity index (χ4v) is 2.76. The van der Waals surface area contributed by atoms with Crippen LogP contribution in [0.4, 0.5) is 0 Å². The second-order valence-corrected chi connectivity index (χ2v) is 5.67. The average Bonchev–Trinajstić information content (AvgIpc) is 2.85. The van der Waals surface area contributed by atoms with Gasteiger partial charge in [0.1, 0.15) is 5.75 Å². The van der Waals surface area contributed by atoms with Crippen LogP contribution in [0, 0.1) is 11.8 Å². The van der Waals surface area contributed by atoms with Crippen molar-refractivity contribution in [2.45, 2.75) is 26.3 Å². The van der Waals surface area contributed by atoms with Crippen molar-refractivity contribution in [2.75, 3.05) is 20.2 Å². The molecule has 1 aromatic rings. The molecular weight excluding hydrogens is 252 g/mol. The summed E-state index contributed by atoms with van der Waals surface area (Å²) in [6, 6.07) is 8.05.